The van der Waals surface area contributed by atoms with Crippen LogP contribution in [-0.4, -0.2) is 42.7 Å². The van der Waals surface area contributed by atoms with Gasteiger partial charge in [0, 0.05) is 24.1 Å². The largest absolute Gasteiger partial charge is 0.396 e. The van der Waals surface area contributed by atoms with Gasteiger partial charge < -0.3 is 15.0 Å². The van der Waals surface area contributed by atoms with Crippen LogP contribution in [0.3, 0.4) is 0 Å². The highest BCUT2D eigenvalue weighted by Gasteiger charge is 2.53. The number of fused-ring (bicyclic) bond motifs is 3. The normalized spacial score (nSPS) is 36.0. The van der Waals surface area contributed by atoms with Gasteiger partial charge in [0.2, 0.25) is 0 Å². The van der Waals surface area contributed by atoms with E-state index in [0.717, 1.165) is 29.8 Å². The Labute approximate surface area is 139 Å². The molecule has 2 aromatic rings. The van der Waals surface area contributed by atoms with Crippen LogP contribution in [0.25, 0.3) is 11.2 Å². The molecule has 0 unspecified atom stereocenters. The Morgan fingerprint density at radius 3 is 2.83 bits per heavy atom. The third-order valence-electron chi connectivity index (χ3n) is 5.91. The van der Waals surface area contributed by atoms with E-state index in [1.807, 2.05) is 6.33 Å². The van der Waals surface area contributed by atoms with Gasteiger partial charge in [0.05, 0.1) is 6.33 Å². The van der Waals surface area contributed by atoms with E-state index >= 15 is 0 Å². The van der Waals surface area contributed by atoms with E-state index in [1.165, 1.54) is 12.8 Å². The summed E-state index contributed by atoms with van der Waals surface area (Å²) in [6.45, 7) is 0.227. The highest BCUT2D eigenvalue weighted by atomic mass is 35.5. The lowest BCUT2D eigenvalue weighted by Crippen LogP contribution is -2.21. The van der Waals surface area contributed by atoms with Gasteiger partial charge in [0.15, 0.2) is 11.5 Å². The van der Waals surface area contributed by atoms with Crippen molar-refractivity contribution >= 4 is 28.6 Å². The fourth-order valence-electron chi connectivity index (χ4n) is 4.63. The zero-order chi connectivity index (χ0) is 15.6. The molecule has 5 rings (SSSR count). The third kappa shape index (κ3) is 2.08. The highest BCUT2D eigenvalue weighted by molar-refractivity contribution is 6.21. The number of hydrogen-bond acceptors (Lipinski definition) is 5. The molecule has 2 aromatic heterocycles. The molecule has 0 aliphatic heterocycles. The SMILES string of the molecule is OC[C@H]1[C@@H]2C[C@H](n3cnc4c(NC5CC5)ncnc43)[C@H]1C[C@@H]2Cl. The van der Waals surface area contributed by atoms with Gasteiger partial charge in [-0.2, -0.15) is 0 Å². The first-order valence-corrected chi connectivity index (χ1v) is 8.89. The molecule has 0 saturated heterocycles. The maximum Gasteiger partial charge on any atom is 0.165 e. The van der Waals surface area contributed by atoms with E-state index in [-0.39, 0.29) is 12.0 Å². The number of hydrogen-bond donors (Lipinski definition) is 2. The van der Waals surface area contributed by atoms with Crippen molar-refractivity contribution in [2.75, 3.05) is 11.9 Å². The van der Waals surface area contributed by atoms with Crippen molar-refractivity contribution < 1.29 is 5.11 Å². The molecule has 0 aromatic carbocycles. The number of aliphatic hydroxyl groups excluding tert-OH is 1. The van der Waals surface area contributed by atoms with Crippen molar-refractivity contribution in [3.63, 3.8) is 0 Å². The van der Waals surface area contributed by atoms with Crippen LogP contribution in [0, 0.1) is 17.8 Å². The van der Waals surface area contributed by atoms with Gasteiger partial charge in [-0.3, -0.25) is 0 Å². The Kier molecular flexibility index (Phi) is 3.07. The predicted octanol–water partition coefficient (Wildman–Crippen LogP) is 2.20. The minimum atomic E-state index is 0.199. The topological polar surface area (TPSA) is 75.9 Å². The van der Waals surface area contributed by atoms with Crippen LogP contribution in [0.15, 0.2) is 12.7 Å². The molecular weight excluding hydrogens is 314 g/mol. The van der Waals surface area contributed by atoms with Crippen molar-refractivity contribution in [3.8, 4) is 0 Å². The molecule has 3 aliphatic carbocycles. The van der Waals surface area contributed by atoms with Crippen molar-refractivity contribution in [1.29, 1.82) is 0 Å². The lowest BCUT2D eigenvalue weighted by Gasteiger charge is -2.25. The average Bonchev–Trinajstić information content (AvgIpc) is 3.04. The minimum Gasteiger partial charge on any atom is -0.396 e. The first-order chi connectivity index (χ1) is 11.3. The maximum atomic E-state index is 9.72. The number of nitrogens with one attached hydrogen (secondary N) is 1. The molecule has 2 bridgehead atoms. The minimum absolute atomic E-state index is 0.199. The standard InChI is InChI=1S/C16H20ClN5O/c17-12-3-10-11(5-23)9(12)4-13(10)22-7-20-14-15(21-8-1-2-8)18-6-19-16(14)22/h6-13,23H,1-5H2,(H,18,19,21)/t9-,10-,11-,12-,13-/m0/s1. The van der Waals surface area contributed by atoms with Crippen LogP contribution in [0.1, 0.15) is 31.7 Å². The molecule has 0 amide bonds. The monoisotopic (exact) mass is 333 g/mol. The van der Waals surface area contributed by atoms with Gasteiger partial charge >= 0.3 is 0 Å². The second-order valence-electron chi connectivity index (χ2n) is 7.19. The Bertz CT molecular complexity index is 745. The molecule has 0 radical (unpaired) electrons. The summed E-state index contributed by atoms with van der Waals surface area (Å²) in [4.78, 5) is 13.4. The second-order valence-corrected chi connectivity index (χ2v) is 7.75. The summed E-state index contributed by atoms with van der Waals surface area (Å²) in [5, 5.41) is 13.4. The van der Waals surface area contributed by atoms with Gasteiger partial charge in [-0.15, -0.1) is 11.6 Å². The number of aromatic nitrogens is 4. The molecule has 5 atom stereocenters. The number of imidazole rings is 1. The molecule has 122 valence electrons. The first-order valence-electron chi connectivity index (χ1n) is 8.45. The Morgan fingerprint density at radius 2 is 2.09 bits per heavy atom. The van der Waals surface area contributed by atoms with Gasteiger partial charge in [-0.1, -0.05) is 0 Å². The zero-order valence-electron chi connectivity index (χ0n) is 12.8. The summed E-state index contributed by atoms with van der Waals surface area (Å²) in [7, 11) is 0. The molecule has 3 aliphatic rings. The molecule has 7 heteroatoms. The zero-order valence-corrected chi connectivity index (χ0v) is 13.5. The van der Waals surface area contributed by atoms with Crippen LogP contribution < -0.4 is 5.32 Å². The Hall–Kier alpha value is -1.40. The fourth-order valence-corrected chi connectivity index (χ4v) is 5.12. The Morgan fingerprint density at radius 1 is 1.22 bits per heavy atom. The van der Waals surface area contributed by atoms with Crippen LogP contribution in [0.4, 0.5) is 5.82 Å². The van der Waals surface area contributed by atoms with Crippen molar-refractivity contribution in [1.82, 2.24) is 19.5 Å². The highest BCUT2D eigenvalue weighted by Crippen LogP contribution is 2.56. The van der Waals surface area contributed by atoms with Crippen LogP contribution in [0.5, 0.6) is 0 Å². The first kappa shape index (κ1) is 14.0. The van der Waals surface area contributed by atoms with Gasteiger partial charge in [0.1, 0.15) is 11.8 Å². The number of rotatable bonds is 4. The van der Waals surface area contributed by atoms with Crippen LogP contribution in [-0.2, 0) is 0 Å². The van der Waals surface area contributed by atoms with Crippen molar-refractivity contribution in [2.24, 2.45) is 17.8 Å². The maximum absolute atomic E-state index is 9.72. The predicted molar refractivity (Wildman–Crippen MR) is 87.4 cm³/mol. The van der Waals surface area contributed by atoms with Gasteiger partial charge in [-0.05, 0) is 43.4 Å². The van der Waals surface area contributed by atoms with Crippen molar-refractivity contribution in [2.45, 2.75) is 43.1 Å². The summed E-state index contributed by atoms with van der Waals surface area (Å²) in [5.74, 6) is 1.97. The lowest BCUT2D eigenvalue weighted by molar-refractivity contribution is 0.185. The molecule has 3 fully saturated rings. The van der Waals surface area contributed by atoms with E-state index in [1.54, 1.807) is 6.33 Å². The lowest BCUT2D eigenvalue weighted by atomic mass is 9.94. The number of alkyl halides is 1. The average molecular weight is 334 g/mol. The number of halogens is 1. The summed E-state index contributed by atoms with van der Waals surface area (Å²) in [5.41, 5.74) is 1.74. The van der Waals surface area contributed by atoms with Gasteiger partial charge in [0.25, 0.3) is 0 Å². The van der Waals surface area contributed by atoms with Crippen LogP contribution in [0.2, 0.25) is 0 Å². The molecule has 6 nitrogen and oxygen atoms in total. The summed E-state index contributed by atoms with van der Waals surface area (Å²) < 4.78 is 2.19. The Balaban J connectivity index is 1.52. The molecule has 2 heterocycles. The molecule has 23 heavy (non-hydrogen) atoms. The molecule has 2 N–H and O–H groups in total. The van der Waals surface area contributed by atoms with E-state index in [0.29, 0.717) is 29.8 Å². The van der Waals surface area contributed by atoms with E-state index in [2.05, 4.69) is 24.8 Å². The van der Waals surface area contributed by atoms with Crippen LogP contribution >= 0.6 is 11.6 Å². The number of anilines is 1. The molecular formula is C16H20ClN5O. The fraction of sp³-hybridized carbons (Fsp3) is 0.688. The van der Waals surface area contributed by atoms with E-state index in [4.69, 9.17) is 11.6 Å². The smallest absolute Gasteiger partial charge is 0.165 e. The van der Waals surface area contributed by atoms with E-state index in [9.17, 15) is 5.11 Å². The van der Waals surface area contributed by atoms with Gasteiger partial charge in [-0.25, -0.2) is 15.0 Å². The third-order valence-corrected chi connectivity index (χ3v) is 6.42. The summed E-state index contributed by atoms with van der Waals surface area (Å²) >= 11 is 6.45. The summed E-state index contributed by atoms with van der Waals surface area (Å²) in [6, 6.07) is 0.873. The van der Waals surface area contributed by atoms with Crippen molar-refractivity contribution in [3.05, 3.63) is 12.7 Å². The molecule has 0 spiro atoms. The summed E-state index contributed by atoms with van der Waals surface area (Å²) in [6.07, 6.45) is 7.89. The number of aliphatic hydroxyl groups is 1. The molecule has 3 saturated carbocycles. The second kappa shape index (κ2) is 5.05. The van der Waals surface area contributed by atoms with E-state index < -0.39 is 0 Å². The number of nitrogens with zero attached hydrogens (tertiary/aromatic N) is 4. The quantitative estimate of drug-likeness (QED) is 0.839.